The summed E-state index contributed by atoms with van der Waals surface area (Å²) in [6, 6.07) is 6.00. The van der Waals surface area contributed by atoms with Crippen LogP contribution in [-0.2, 0) is 16.2 Å². The summed E-state index contributed by atoms with van der Waals surface area (Å²) in [5.74, 6) is 0.107. The molecule has 7 nitrogen and oxygen atoms in total. The number of alkyl halides is 3. The Bertz CT molecular complexity index is 1050. The summed E-state index contributed by atoms with van der Waals surface area (Å²) in [6.45, 7) is 10.5. The largest absolute Gasteiger partial charge is 0.435 e. The summed E-state index contributed by atoms with van der Waals surface area (Å²) in [6.07, 6.45) is -2.21. The molecule has 1 fully saturated rings. The summed E-state index contributed by atoms with van der Waals surface area (Å²) >= 11 is 0. The highest BCUT2D eigenvalue weighted by molar-refractivity contribution is 7.92. The van der Waals surface area contributed by atoms with Crippen LogP contribution in [-0.4, -0.2) is 56.0 Å². The van der Waals surface area contributed by atoms with Crippen molar-refractivity contribution in [1.82, 2.24) is 14.9 Å². The first-order chi connectivity index (χ1) is 15.0. The zero-order chi connectivity index (χ0) is 23.5. The Morgan fingerprint density at radius 2 is 1.78 bits per heavy atom. The van der Waals surface area contributed by atoms with Crippen LogP contribution in [0.25, 0.3) is 0 Å². The van der Waals surface area contributed by atoms with Crippen molar-refractivity contribution < 1.29 is 21.6 Å². The minimum atomic E-state index is -4.86. The third-order valence-corrected chi connectivity index (χ3v) is 6.57. The van der Waals surface area contributed by atoms with Crippen molar-refractivity contribution in [3.05, 3.63) is 54.4 Å². The molecule has 2 aromatic rings. The Morgan fingerprint density at radius 1 is 1.16 bits per heavy atom. The fourth-order valence-corrected chi connectivity index (χ4v) is 4.42. The average molecular weight is 470 g/mol. The van der Waals surface area contributed by atoms with Gasteiger partial charge in [-0.25, -0.2) is 18.4 Å². The Labute approximate surface area is 186 Å². The van der Waals surface area contributed by atoms with Crippen LogP contribution in [0.1, 0.15) is 31.0 Å². The number of nitrogens with zero attached hydrogens (tertiary/aromatic N) is 4. The minimum Gasteiger partial charge on any atom is -0.338 e. The van der Waals surface area contributed by atoms with Gasteiger partial charge in [-0.15, -0.1) is 6.58 Å². The molecule has 1 aromatic heterocycles. The fourth-order valence-electron chi connectivity index (χ4n) is 3.36. The first-order valence-corrected chi connectivity index (χ1v) is 11.6. The summed E-state index contributed by atoms with van der Waals surface area (Å²) < 4.78 is 68.5. The SMILES string of the molecule is C=CCN1CCN(c2ncc(NS(=O)(=O)c3ccc(C(C)C)cc3)c(C(F)(F)F)n2)CC1. The molecule has 0 radical (unpaired) electrons. The highest BCUT2D eigenvalue weighted by Crippen LogP contribution is 2.35. The number of halogens is 3. The smallest absolute Gasteiger partial charge is 0.338 e. The number of rotatable bonds is 7. The molecule has 1 aliphatic rings. The van der Waals surface area contributed by atoms with Crippen LogP contribution in [0.3, 0.4) is 0 Å². The van der Waals surface area contributed by atoms with Crippen LogP contribution in [0, 0.1) is 0 Å². The van der Waals surface area contributed by atoms with Gasteiger partial charge in [0.05, 0.1) is 16.8 Å². The Morgan fingerprint density at radius 3 is 2.31 bits per heavy atom. The van der Waals surface area contributed by atoms with Crippen LogP contribution < -0.4 is 9.62 Å². The summed E-state index contributed by atoms with van der Waals surface area (Å²) in [4.78, 5) is 11.3. The molecule has 0 aliphatic carbocycles. The molecular formula is C21H26F3N5O2S. The monoisotopic (exact) mass is 469 g/mol. The first kappa shape index (κ1) is 24.0. The number of nitrogens with one attached hydrogen (secondary N) is 1. The molecule has 1 aromatic carbocycles. The highest BCUT2D eigenvalue weighted by Gasteiger charge is 2.38. The lowest BCUT2D eigenvalue weighted by atomic mass is 10.0. The quantitative estimate of drug-likeness (QED) is 0.623. The van der Waals surface area contributed by atoms with Gasteiger partial charge in [0.2, 0.25) is 5.95 Å². The van der Waals surface area contributed by atoms with Gasteiger partial charge in [-0.05, 0) is 23.6 Å². The molecule has 0 atom stereocenters. The Balaban J connectivity index is 1.86. The molecule has 0 amide bonds. The number of anilines is 2. The maximum atomic E-state index is 13.7. The van der Waals surface area contributed by atoms with E-state index in [1.807, 2.05) is 18.6 Å². The standard InChI is InChI=1S/C21H26F3N5O2S/c1-4-9-28-10-12-29(13-11-28)20-25-14-18(19(26-20)21(22,23)24)27-32(30,31)17-7-5-16(6-8-17)15(2)3/h4-8,14-15,27H,1,9-13H2,2-3H3. The predicted octanol–water partition coefficient (Wildman–Crippen LogP) is 3.73. The summed E-state index contributed by atoms with van der Waals surface area (Å²) in [5.41, 5.74) is -1.11. The van der Waals surface area contributed by atoms with Crippen molar-refractivity contribution >= 4 is 21.7 Å². The highest BCUT2D eigenvalue weighted by atomic mass is 32.2. The van der Waals surface area contributed by atoms with Gasteiger partial charge in [-0.2, -0.15) is 13.2 Å². The maximum Gasteiger partial charge on any atom is 0.435 e. The molecule has 0 spiro atoms. The van der Waals surface area contributed by atoms with Gasteiger partial charge in [0.15, 0.2) is 5.69 Å². The van der Waals surface area contributed by atoms with Crippen molar-refractivity contribution in [2.75, 3.05) is 42.3 Å². The van der Waals surface area contributed by atoms with Gasteiger partial charge < -0.3 is 4.90 Å². The number of hydrogen-bond donors (Lipinski definition) is 1. The van der Waals surface area contributed by atoms with E-state index in [9.17, 15) is 21.6 Å². The van der Waals surface area contributed by atoms with Gasteiger partial charge in [-0.3, -0.25) is 9.62 Å². The fraction of sp³-hybridized carbons (Fsp3) is 0.429. The van der Waals surface area contributed by atoms with Crippen molar-refractivity contribution in [2.45, 2.75) is 30.8 Å². The van der Waals surface area contributed by atoms with Crippen molar-refractivity contribution in [3.8, 4) is 0 Å². The molecule has 0 saturated carbocycles. The van der Waals surface area contributed by atoms with Crippen molar-refractivity contribution in [3.63, 3.8) is 0 Å². The molecule has 2 heterocycles. The van der Waals surface area contributed by atoms with E-state index < -0.39 is 27.6 Å². The van der Waals surface area contributed by atoms with Crippen LogP contribution in [0.5, 0.6) is 0 Å². The summed E-state index contributed by atoms with van der Waals surface area (Å²) in [7, 11) is -4.25. The minimum absolute atomic E-state index is 0.0835. The molecule has 174 valence electrons. The number of sulfonamides is 1. The number of piperazine rings is 1. The molecule has 11 heteroatoms. The second-order valence-corrected chi connectivity index (χ2v) is 9.52. The van der Waals surface area contributed by atoms with E-state index >= 15 is 0 Å². The van der Waals surface area contributed by atoms with Crippen LogP contribution >= 0.6 is 0 Å². The van der Waals surface area contributed by atoms with E-state index in [2.05, 4.69) is 21.4 Å². The van der Waals surface area contributed by atoms with E-state index in [4.69, 9.17) is 0 Å². The molecule has 1 aliphatic heterocycles. The van der Waals surface area contributed by atoms with E-state index in [0.29, 0.717) is 32.7 Å². The molecule has 1 saturated heterocycles. The lowest BCUT2D eigenvalue weighted by Gasteiger charge is -2.34. The maximum absolute atomic E-state index is 13.7. The normalized spacial score (nSPS) is 15.8. The van der Waals surface area contributed by atoms with Crippen LogP contribution in [0.2, 0.25) is 0 Å². The predicted molar refractivity (Wildman–Crippen MR) is 117 cm³/mol. The van der Waals surface area contributed by atoms with Gasteiger partial charge in [0.25, 0.3) is 10.0 Å². The topological polar surface area (TPSA) is 78.4 Å². The van der Waals surface area contributed by atoms with E-state index in [1.165, 1.54) is 12.1 Å². The van der Waals surface area contributed by atoms with Gasteiger partial charge in [0, 0.05) is 32.7 Å². The Kier molecular flexibility index (Phi) is 7.09. The van der Waals surface area contributed by atoms with Crippen LogP contribution in [0.4, 0.5) is 24.8 Å². The Hall–Kier alpha value is -2.66. The average Bonchev–Trinajstić information content (AvgIpc) is 2.74. The van der Waals surface area contributed by atoms with E-state index in [-0.39, 0.29) is 16.8 Å². The third-order valence-electron chi connectivity index (χ3n) is 5.19. The van der Waals surface area contributed by atoms with Gasteiger partial charge >= 0.3 is 6.18 Å². The number of aromatic nitrogens is 2. The van der Waals surface area contributed by atoms with E-state index in [0.717, 1.165) is 11.8 Å². The second-order valence-electron chi connectivity index (χ2n) is 7.84. The molecule has 0 bridgehead atoms. The first-order valence-electron chi connectivity index (χ1n) is 10.2. The zero-order valence-corrected chi connectivity index (χ0v) is 18.7. The molecule has 3 rings (SSSR count). The van der Waals surface area contributed by atoms with Crippen LogP contribution in [0.15, 0.2) is 48.0 Å². The number of hydrogen-bond acceptors (Lipinski definition) is 6. The summed E-state index contributed by atoms with van der Waals surface area (Å²) in [5, 5.41) is 0. The molecule has 32 heavy (non-hydrogen) atoms. The zero-order valence-electron chi connectivity index (χ0n) is 17.9. The van der Waals surface area contributed by atoms with Crippen molar-refractivity contribution in [1.29, 1.82) is 0 Å². The van der Waals surface area contributed by atoms with Gasteiger partial charge in [-0.1, -0.05) is 32.1 Å². The lowest BCUT2D eigenvalue weighted by molar-refractivity contribution is -0.140. The third kappa shape index (κ3) is 5.57. The molecular weight excluding hydrogens is 443 g/mol. The second kappa shape index (κ2) is 9.45. The van der Waals surface area contributed by atoms with Gasteiger partial charge in [0.1, 0.15) is 0 Å². The molecule has 0 unspecified atom stereocenters. The van der Waals surface area contributed by atoms with Crippen molar-refractivity contribution in [2.24, 2.45) is 0 Å². The number of benzene rings is 1. The van der Waals surface area contributed by atoms with E-state index in [1.54, 1.807) is 23.1 Å². The molecule has 1 N–H and O–H groups in total. The lowest BCUT2D eigenvalue weighted by Crippen LogP contribution is -2.47.